The molecule has 0 aliphatic rings. The molecule has 4 nitrogen and oxygen atoms in total. The molecule has 0 bridgehead atoms. The lowest BCUT2D eigenvalue weighted by Crippen LogP contribution is -2.25. The predicted molar refractivity (Wildman–Crippen MR) is 68.6 cm³/mol. The number of nitrogens with zero attached hydrogens (tertiary/aromatic N) is 2. The van der Waals surface area contributed by atoms with Gasteiger partial charge in [-0.15, -0.1) is 0 Å². The highest BCUT2D eigenvalue weighted by Crippen LogP contribution is 2.19. The zero-order chi connectivity index (χ0) is 12.1. The Hall–Kier alpha value is -1.03. The van der Waals surface area contributed by atoms with E-state index in [0.717, 1.165) is 12.8 Å². The van der Waals surface area contributed by atoms with Crippen molar-refractivity contribution in [1.82, 2.24) is 9.97 Å². The number of anilines is 2. The monoisotopic (exact) mass is 242 g/mol. The van der Waals surface area contributed by atoms with Gasteiger partial charge in [0.25, 0.3) is 0 Å². The Morgan fingerprint density at radius 1 is 1.38 bits per heavy atom. The second-order valence-electron chi connectivity index (χ2n) is 3.94. The third-order valence-electron chi connectivity index (χ3n) is 2.84. The second kappa shape index (κ2) is 5.89. The van der Waals surface area contributed by atoms with Crippen LogP contribution in [0.3, 0.4) is 0 Å². The topological polar surface area (TPSA) is 63.8 Å². The fourth-order valence-corrected chi connectivity index (χ4v) is 2.05. The van der Waals surface area contributed by atoms with Crippen molar-refractivity contribution >= 4 is 23.4 Å². The molecule has 16 heavy (non-hydrogen) atoms. The molecule has 0 fully saturated rings. The number of nitrogen functional groups attached to an aromatic ring is 1. The highest BCUT2D eigenvalue weighted by molar-refractivity contribution is 6.29. The molecular weight excluding hydrogens is 224 g/mol. The van der Waals surface area contributed by atoms with E-state index in [-0.39, 0.29) is 5.95 Å². The lowest BCUT2D eigenvalue weighted by molar-refractivity contribution is 0.437. The van der Waals surface area contributed by atoms with E-state index in [1.807, 2.05) is 0 Å². The predicted octanol–water partition coefficient (Wildman–Crippen LogP) is 2.95. The Bertz CT molecular complexity index is 319. The van der Waals surface area contributed by atoms with Gasteiger partial charge in [-0.05, 0) is 12.8 Å². The molecule has 90 valence electrons. The summed E-state index contributed by atoms with van der Waals surface area (Å²) in [6.07, 6.45) is 2.28. The van der Waals surface area contributed by atoms with Crippen LogP contribution in [0.15, 0.2) is 6.07 Å². The van der Waals surface area contributed by atoms with Crippen LogP contribution in [0.5, 0.6) is 0 Å². The third-order valence-corrected chi connectivity index (χ3v) is 3.04. The molecule has 1 aromatic rings. The number of halogens is 1. The molecule has 1 heterocycles. The lowest BCUT2D eigenvalue weighted by atomic mass is 9.95. The highest BCUT2D eigenvalue weighted by atomic mass is 35.5. The Kier molecular flexibility index (Phi) is 4.80. The van der Waals surface area contributed by atoms with Gasteiger partial charge in [0, 0.05) is 12.1 Å². The first-order chi connectivity index (χ1) is 7.56. The van der Waals surface area contributed by atoms with Crippen LogP contribution in [-0.2, 0) is 0 Å². The van der Waals surface area contributed by atoms with Crippen LogP contribution in [0.4, 0.5) is 11.8 Å². The van der Waals surface area contributed by atoms with E-state index in [2.05, 4.69) is 36.1 Å². The number of hydrogen-bond acceptors (Lipinski definition) is 4. The van der Waals surface area contributed by atoms with Crippen molar-refractivity contribution in [3.05, 3.63) is 11.2 Å². The Morgan fingerprint density at radius 3 is 2.50 bits per heavy atom. The minimum Gasteiger partial charge on any atom is -0.368 e. The molecule has 0 aromatic carbocycles. The Balaban J connectivity index is 2.72. The van der Waals surface area contributed by atoms with E-state index >= 15 is 0 Å². The van der Waals surface area contributed by atoms with Gasteiger partial charge in [-0.2, -0.15) is 4.98 Å². The molecule has 0 spiro atoms. The summed E-state index contributed by atoms with van der Waals surface area (Å²) in [5.74, 6) is 1.51. The third kappa shape index (κ3) is 3.52. The number of rotatable bonds is 5. The molecule has 5 heteroatoms. The van der Waals surface area contributed by atoms with Crippen LogP contribution >= 0.6 is 11.6 Å². The van der Waals surface area contributed by atoms with E-state index in [1.165, 1.54) is 0 Å². The van der Waals surface area contributed by atoms with Crippen molar-refractivity contribution < 1.29 is 0 Å². The minimum atomic E-state index is 0.201. The van der Waals surface area contributed by atoms with Crippen molar-refractivity contribution in [2.75, 3.05) is 11.1 Å². The fraction of sp³-hybridized carbons (Fsp3) is 0.636. The maximum atomic E-state index is 5.81. The molecule has 0 aliphatic heterocycles. The fourth-order valence-electron chi connectivity index (χ4n) is 1.86. The zero-order valence-electron chi connectivity index (χ0n) is 10.00. The lowest BCUT2D eigenvalue weighted by Gasteiger charge is -2.23. The summed E-state index contributed by atoms with van der Waals surface area (Å²) >= 11 is 5.81. The molecule has 0 saturated heterocycles. The van der Waals surface area contributed by atoms with Gasteiger partial charge in [0.1, 0.15) is 11.0 Å². The summed E-state index contributed by atoms with van der Waals surface area (Å²) in [7, 11) is 0. The van der Waals surface area contributed by atoms with Crippen LogP contribution in [0.25, 0.3) is 0 Å². The van der Waals surface area contributed by atoms with Gasteiger partial charge in [0.2, 0.25) is 5.95 Å². The van der Waals surface area contributed by atoms with E-state index in [9.17, 15) is 0 Å². The van der Waals surface area contributed by atoms with Crippen LogP contribution < -0.4 is 11.1 Å². The quantitative estimate of drug-likeness (QED) is 0.780. The number of aromatic nitrogens is 2. The molecule has 0 amide bonds. The van der Waals surface area contributed by atoms with Crippen molar-refractivity contribution in [3.8, 4) is 0 Å². The molecule has 0 radical (unpaired) electrons. The molecule has 1 aromatic heterocycles. The smallest absolute Gasteiger partial charge is 0.223 e. The van der Waals surface area contributed by atoms with E-state index < -0.39 is 0 Å². The first-order valence-electron chi connectivity index (χ1n) is 5.63. The van der Waals surface area contributed by atoms with E-state index in [0.29, 0.717) is 22.9 Å². The van der Waals surface area contributed by atoms with E-state index in [1.54, 1.807) is 6.07 Å². The van der Waals surface area contributed by atoms with Gasteiger partial charge in [-0.3, -0.25) is 0 Å². The first-order valence-corrected chi connectivity index (χ1v) is 6.01. The number of hydrogen-bond donors (Lipinski definition) is 2. The molecule has 0 aliphatic carbocycles. The molecule has 3 N–H and O–H groups in total. The maximum absolute atomic E-state index is 5.81. The van der Waals surface area contributed by atoms with Crippen LogP contribution in [0.2, 0.25) is 5.15 Å². The Labute approximate surface area is 102 Å². The van der Waals surface area contributed by atoms with Gasteiger partial charge < -0.3 is 11.1 Å². The summed E-state index contributed by atoms with van der Waals surface area (Å²) in [6, 6.07) is 2.04. The van der Waals surface area contributed by atoms with Gasteiger partial charge in [-0.1, -0.05) is 38.3 Å². The van der Waals surface area contributed by atoms with Gasteiger partial charge in [0.15, 0.2) is 0 Å². The van der Waals surface area contributed by atoms with Crippen molar-refractivity contribution in [2.45, 2.75) is 39.7 Å². The average Bonchev–Trinajstić information content (AvgIpc) is 2.17. The largest absolute Gasteiger partial charge is 0.368 e. The van der Waals surface area contributed by atoms with E-state index in [4.69, 9.17) is 17.3 Å². The van der Waals surface area contributed by atoms with Gasteiger partial charge in [-0.25, -0.2) is 4.98 Å². The summed E-state index contributed by atoms with van der Waals surface area (Å²) in [4.78, 5) is 7.91. The van der Waals surface area contributed by atoms with Crippen molar-refractivity contribution in [3.63, 3.8) is 0 Å². The van der Waals surface area contributed by atoms with Gasteiger partial charge in [0.05, 0.1) is 0 Å². The zero-order valence-corrected chi connectivity index (χ0v) is 10.8. The molecule has 1 atom stereocenters. The molecule has 1 rings (SSSR count). The van der Waals surface area contributed by atoms with Crippen molar-refractivity contribution in [2.24, 2.45) is 5.92 Å². The summed E-state index contributed by atoms with van der Waals surface area (Å²) in [6.45, 7) is 6.52. The summed E-state index contributed by atoms with van der Waals surface area (Å²) in [5, 5.41) is 3.68. The minimum absolute atomic E-state index is 0.201. The summed E-state index contributed by atoms with van der Waals surface area (Å²) in [5.41, 5.74) is 5.53. The normalized spacial score (nSPS) is 12.8. The second-order valence-corrected chi connectivity index (χ2v) is 4.33. The molecule has 1 unspecified atom stereocenters. The van der Waals surface area contributed by atoms with Crippen molar-refractivity contribution in [1.29, 1.82) is 0 Å². The van der Waals surface area contributed by atoms with Gasteiger partial charge >= 0.3 is 0 Å². The van der Waals surface area contributed by atoms with Crippen LogP contribution in [-0.4, -0.2) is 16.0 Å². The standard InChI is InChI=1S/C11H19ClN4/c1-4-8(5-2)7(3)14-10-6-9(12)15-11(13)16-10/h6-8H,4-5H2,1-3H3,(H3,13,14,15,16). The molecular formula is C11H19ClN4. The molecule has 0 saturated carbocycles. The van der Waals surface area contributed by atoms with Crippen LogP contribution in [0, 0.1) is 5.92 Å². The number of nitrogens with two attached hydrogens (primary N) is 1. The average molecular weight is 243 g/mol. The Morgan fingerprint density at radius 2 is 2.00 bits per heavy atom. The SMILES string of the molecule is CCC(CC)C(C)Nc1cc(Cl)nc(N)n1. The first kappa shape index (κ1) is 13.0. The number of nitrogens with one attached hydrogen (secondary N) is 1. The summed E-state index contributed by atoms with van der Waals surface area (Å²) < 4.78 is 0. The highest BCUT2D eigenvalue weighted by Gasteiger charge is 2.14. The maximum Gasteiger partial charge on any atom is 0.223 e. The van der Waals surface area contributed by atoms with Crippen LogP contribution in [0.1, 0.15) is 33.6 Å².